The molecular weight excluding hydrogens is 320 g/mol. The van der Waals surface area contributed by atoms with E-state index in [9.17, 15) is 4.79 Å². The second-order valence-corrected chi connectivity index (χ2v) is 7.12. The van der Waals surface area contributed by atoms with Crippen LogP contribution in [0.4, 0.5) is 4.79 Å². The minimum Gasteiger partial charge on any atom is -0.451 e. The molecule has 1 aliphatic heterocycles. The number of terminal acetylenes is 1. The van der Waals surface area contributed by atoms with E-state index in [1.54, 1.807) is 17.0 Å². The van der Waals surface area contributed by atoms with Crippen molar-refractivity contribution in [1.29, 1.82) is 0 Å². The second kappa shape index (κ2) is 8.93. The van der Waals surface area contributed by atoms with Crippen LogP contribution in [-0.4, -0.2) is 60.9 Å². The van der Waals surface area contributed by atoms with Crippen molar-refractivity contribution in [2.24, 2.45) is 0 Å². The molecule has 0 unspecified atom stereocenters. The molecule has 1 aromatic rings. The van der Waals surface area contributed by atoms with Crippen molar-refractivity contribution in [3.05, 3.63) is 23.7 Å². The summed E-state index contributed by atoms with van der Waals surface area (Å²) in [6.45, 7) is 10.9. The first-order chi connectivity index (χ1) is 11.9. The molecule has 1 aromatic heterocycles. The molecule has 0 aromatic carbocycles. The molecule has 0 spiro atoms. The second-order valence-electron chi connectivity index (χ2n) is 7.12. The number of morpholine rings is 1. The smallest absolute Gasteiger partial charge is 0.410 e. The van der Waals surface area contributed by atoms with Gasteiger partial charge in [0.05, 0.1) is 19.8 Å². The highest BCUT2D eigenvalue weighted by molar-refractivity contribution is 5.68. The van der Waals surface area contributed by atoms with Crippen LogP contribution < -0.4 is 0 Å². The largest absolute Gasteiger partial charge is 0.451 e. The summed E-state index contributed by atoms with van der Waals surface area (Å²) < 4.78 is 16.4. The van der Waals surface area contributed by atoms with Gasteiger partial charge in [0, 0.05) is 26.2 Å². The molecule has 2 rings (SSSR count). The number of furan rings is 1. The summed E-state index contributed by atoms with van der Waals surface area (Å²) in [5.41, 5.74) is -0.535. The molecule has 0 bridgehead atoms. The van der Waals surface area contributed by atoms with Crippen LogP contribution >= 0.6 is 0 Å². The fourth-order valence-corrected chi connectivity index (χ4v) is 2.60. The van der Waals surface area contributed by atoms with Gasteiger partial charge in [0.25, 0.3) is 0 Å². The van der Waals surface area contributed by atoms with Crippen molar-refractivity contribution in [3.63, 3.8) is 0 Å². The first-order valence-corrected chi connectivity index (χ1v) is 8.71. The maximum Gasteiger partial charge on any atom is 0.410 e. The Labute approximate surface area is 150 Å². The number of carbonyl (C=O) groups is 1. The molecule has 0 aliphatic carbocycles. The third-order valence-corrected chi connectivity index (χ3v) is 3.81. The number of nitrogens with zero attached hydrogens (tertiary/aromatic N) is 2. The molecule has 6 nitrogen and oxygen atoms in total. The van der Waals surface area contributed by atoms with Crippen LogP contribution in [0.25, 0.3) is 0 Å². The van der Waals surface area contributed by atoms with E-state index in [0.717, 1.165) is 39.3 Å². The highest BCUT2D eigenvalue weighted by atomic mass is 16.6. The van der Waals surface area contributed by atoms with Gasteiger partial charge in [0.15, 0.2) is 5.76 Å². The Hall–Kier alpha value is -1.97. The molecule has 0 N–H and O–H groups in total. The summed E-state index contributed by atoms with van der Waals surface area (Å²) in [6.07, 6.45) is 5.86. The average Bonchev–Trinajstić information content (AvgIpc) is 3.01. The highest BCUT2D eigenvalue weighted by Crippen LogP contribution is 2.15. The Morgan fingerprint density at radius 1 is 1.36 bits per heavy atom. The summed E-state index contributed by atoms with van der Waals surface area (Å²) in [4.78, 5) is 16.5. The first-order valence-electron chi connectivity index (χ1n) is 8.71. The van der Waals surface area contributed by atoms with E-state index in [1.165, 1.54) is 0 Å². The summed E-state index contributed by atoms with van der Waals surface area (Å²) in [5.74, 6) is 3.58. The maximum atomic E-state index is 12.5. The fraction of sp³-hybridized carbons (Fsp3) is 0.632. The van der Waals surface area contributed by atoms with Gasteiger partial charge in [-0.1, -0.05) is 0 Å². The van der Waals surface area contributed by atoms with E-state index < -0.39 is 5.60 Å². The number of amides is 1. The van der Waals surface area contributed by atoms with Gasteiger partial charge in [-0.15, -0.1) is 6.42 Å². The third-order valence-electron chi connectivity index (χ3n) is 3.81. The molecule has 1 aliphatic rings. The van der Waals surface area contributed by atoms with Crippen molar-refractivity contribution < 1.29 is 18.7 Å². The minimum absolute atomic E-state index is 0.340. The molecule has 0 saturated carbocycles. The lowest BCUT2D eigenvalue weighted by Gasteiger charge is -2.29. The van der Waals surface area contributed by atoms with Gasteiger partial charge in [-0.25, -0.2) is 4.79 Å². The van der Waals surface area contributed by atoms with Gasteiger partial charge in [0.2, 0.25) is 0 Å². The third kappa shape index (κ3) is 6.81. The van der Waals surface area contributed by atoms with Crippen LogP contribution in [0.1, 0.15) is 38.7 Å². The summed E-state index contributed by atoms with van der Waals surface area (Å²) in [7, 11) is 0. The number of ether oxygens (including phenoxy) is 2. The van der Waals surface area contributed by atoms with Crippen LogP contribution in [0, 0.1) is 12.3 Å². The number of hydrogen-bond acceptors (Lipinski definition) is 5. The van der Waals surface area contributed by atoms with E-state index in [1.807, 2.05) is 20.8 Å². The molecule has 1 saturated heterocycles. The summed E-state index contributed by atoms with van der Waals surface area (Å²) >= 11 is 0. The van der Waals surface area contributed by atoms with Gasteiger partial charge in [0.1, 0.15) is 11.4 Å². The van der Waals surface area contributed by atoms with Crippen molar-refractivity contribution >= 4 is 6.09 Å². The maximum absolute atomic E-state index is 12.5. The first kappa shape index (κ1) is 19.4. The van der Waals surface area contributed by atoms with E-state index in [0.29, 0.717) is 24.6 Å². The number of carbonyl (C=O) groups excluding carboxylic acids is 1. The van der Waals surface area contributed by atoms with Crippen molar-refractivity contribution in [2.45, 2.75) is 39.3 Å². The van der Waals surface area contributed by atoms with Crippen LogP contribution in [0.3, 0.4) is 0 Å². The SMILES string of the molecule is C#Cc1ccc(CN(CCCN2CCOCC2)C(=O)OC(C)(C)C)o1. The molecule has 0 radical (unpaired) electrons. The lowest BCUT2D eigenvalue weighted by atomic mass is 10.2. The molecule has 1 fully saturated rings. The number of rotatable bonds is 6. The molecule has 0 atom stereocenters. The normalized spacial score (nSPS) is 15.6. The summed E-state index contributed by atoms with van der Waals surface area (Å²) in [6, 6.07) is 3.53. The topological polar surface area (TPSA) is 55.2 Å². The Bertz CT molecular complexity index is 591. The monoisotopic (exact) mass is 348 g/mol. The fourth-order valence-electron chi connectivity index (χ4n) is 2.60. The van der Waals surface area contributed by atoms with Gasteiger partial charge < -0.3 is 18.8 Å². The Morgan fingerprint density at radius 3 is 2.68 bits per heavy atom. The zero-order chi connectivity index (χ0) is 18.3. The highest BCUT2D eigenvalue weighted by Gasteiger charge is 2.23. The number of hydrogen-bond donors (Lipinski definition) is 0. The lowest BCUT2D eigenvalue weighted by Crippen LogP contribution is -2.40. The van der Waals surface area contributed by atoms with E-state index in [-0.39, 0.29) is 6.09 Å². The summed E-state index contributed by atoms with van der Waals surface area (Å²) in [5, 5.41) is 0. The minimum atomic E-state index is -0.535. The standard InChI is InChI=1S/C19H28N2O4/c1-5-16-7-8-17(24-16)15-21(18(22)25-19(2,3)4)10-6-9-20-11-13-23-14-12-20/h1,7-8H,6,9-15H2,2-4H3. The molecule has 6 heteroatoms. The van der Waals surface area contributed by atoms with Gasteiger partial charge in [-0.2, -0.15) is 0 Å². The lowest BCUT2D eigenvalue weighted by molar-refractivity contribution is 0.0180. The molecule has 138 valence electrons. The quantitative estimate of drug-likeness (QED) is 0.740. The van der Waals surface area contributed by atoms with Crippen LogP contribution in [0.5, 0.6) is 0 Å². The van der Waals surface area contributed by atoms with E-state index in [2.05, 4.69) is 10.8 Å². The zero-order valence-electron chi connectivity index (χ0n) is 15.4. The zero-order valence-corrected chi connectivity index (χ0v) is 15.4. The molecular formula is C19H28N2O4. The van der Waals surface area contributed by atoms with Gasteiger partial charge in [-0.3, -0.25) is 4.90 Å². The van der Waals surface area contributed by atoms with Gasteiger partial charge in [-0.05, 0) is 45.2 Å². The Morgan fingerprint density at radius 2 is 2.08 bits per heavy atom. The van der Waals surface area contributed by atoms with Gasteiger partial charge >= 0.3 is 6.09 Å². The van der Waals surface area contributed by atoms with E-state index in [4.69, 9.17) is 20.3 Å². The van der Waals surface area contributed by atoms with Crippen molar-refractivity contribution in [2.75, 3.05) is 39.4 Å². The Balaban J connectivity index is 1.93. The van der Waals surface area contributed by atoms with Crippen LogP contribution in [0.15, 0.2) is 16.5 Å². The average molecular weight is 348 g/mol. The van der Waals surface area contributed by atoms with Crippen molar-refractivity contribution in [3.8, 4) is 12.3 Å². The predicted molar refractivity (Wildman–Crippen MR) is 95.2 cm³/mol. The Kier molecular flexibility index (Phi) is 6.91. The molecule has 25 heavy (non-hydrogen) atoms. The van der Waals surface area contributed by atoms with Crippen LogP contribution in [-0.2, 0) is 16.0 Å². The predicted octanol–water partition coefficient (Wildman–Crippen LogP) is 2.72. The van der Waals surface area contributed by atoms with Crippen molar-refractivity contribution in [1.82, 2.24) is 9.80 Å². The van der Waals surface area contributed by atoms with Crippen LogP contribution in [0.2, 0.25) is 0 Å². The molecule has 2 heterocycles. The van der Waals surface area contributed by atoms with E-state index >= 15 is 0 Å². The molecule has 1 amide bonds.